The highest BCUT2D eigenvalue weighted by molar-refractivity contribution is 7.10. The van der Waals surface area contributed by atoms with E-state index in [4.69, 9.17) is 10.5 Å². The van der Waals surface area contributed by atoms with Crippen LogP contribution in [0.5, 0.6) is 0 Å². The molecule has 0 amide bonds. The molecule has 1 aliphatic rings. The Morgan fingerprint density at radius 2 is 2.54 bits per heavy atom. The molecule has 2 rings (SSSR count). The van der Waals surface area contributed by atoms with E-state index in [1.54, 1.807) is 11.3 Å². The van der Waals surface area contributed by atoms with Gasteiger partial charge in [-0.2, -0.15) is 0 Å². The molecule has 2 N–H and O–H groups in total. The topological polar surface area (TPSA) is 35.2 Å². The quantitative estimate of drug-likeness (QED) is 0.784. The Morgan fingerprint density at radius 3 is 3.08 bits per heavy atom. The van der Waals surface area contributed by atoms with Crippen molar-refractivity contribution in [3.05, 3.63) is 22.4 Å². The molecule has 1 saturated heterocycles. The molecule has 1 aliphatic heterocycles. The molecule has 1 fully saturated rings. The Morgan fingerprint density at radius 1 is 1.62 bits per heavy atom. The average Bonchev–Trinajstić information content (AvgIpc) is 2.72. The van der Waals surface area contributed by atoms with Gasteiger partial charge in [-0.1, -0.05) is 6.07 Å². The molecule has 1 unspecified atom stereocenters. The maximum atomic E-state index is 5.86. The van der Waals surface area contributed by atoms with Crippen molar-refractivity contribution in [2.45, 2.75) is 18.3 Å². The highest BCUT2D eigenvalue weighted by Gasteiger charge is 2.34. The van der Waals surface area contributed by atoms with Crippen LogP contribution in [0.3, 0.4) is 0 Å². The number of ether oxygens (including phenoxy) is 1. The van der Waals surface area contributed by atoms with Gasteiger partial charge in [-0.25, -0.2) is 0 Å². The van der Waals surface area contributed by atoms with Gasteiger partial charge in [-0.15, -0.1) is 11.3 Å². The molecule has 0 saturated carbocycles. The maximum absolute atomic E-state index is 5.86. The van der Waals surface area contributed by atoms with E-state index in [0.717, 1.165) is 19.6 Å². The zero-order valence-electron chi connectivity index (χ0n) is 7.66. The summed E-state index contributed by atoms with van der Waals surface area (Å²) in [4.78, 5) is 1.38. The van der Waals surface area contributed by atoms with Crippen LogP contribution in [0, 0.1) is 0 Å². The Balaban J connectivity index is 2.23. The van der Waals surface area contributed by atoms with Gasteiger partial charge in [0.15, 0.2) is 0 Å². The molecule has 3 heteroatoms. The Labute approximate surface area is 82.7 Å². The highest BCUT2D eigenvalue weighted by atomic mass is 32.1. The van der Waals surface area contributed by atoms with Gasteiger partial charge in [0, 0.05) is 23.4 Å². The lowest BCUT2D eigenvalue weighted by Gasteiger charge is -2.35. The van der Waals surface area contributed by atoms with Crippen LogP contribution >= 0.6 is 11.3 Å². The monoisotopic (exact) mass is 197 g/mol. The summed E-state index contributed by atoms with van der Waals surface area (Å²) in [5.74, 6) is 0. The molecular weight excluding hydrogens is 182 g/mol. The molecule has 0 aromatic carbocycles. The molecule has 1 atom stereocenters. The molecule has 0 aliphatic carbocycles. The first kappa shape index (κ1) is 9.19. The van der Waals surface area contributed by atoms with Gasteiger partial charge in [-0.05, 0) is 24.3 Å². The van der Waals surface area contributed by atoms with Crippen molar-refractivity contribution in [3.63, 3.8) is 0 Å². The standard InChI is InChI=1S/C10H15NOS/c11-7-10(4-2-5-12-8-10)9-3-1-6-13-9/h1,3,6H,2,4-5,7-8,11H2. The smallest absolute Gasteiger partial charge is 0.0583 e. The second-order valence-corrected chi connectivity index (χ2v) is 4.57. The fraction of sp³-hybridized carbons (Fsp3) is 0.600. The van der Waals surface area contributed by atoms with Crippen LogP contribution in [0.2, 0.25) is 0 Å². The van der Waals surface area contributed by atoms with Crippen molar-refractivity contribution in [2.24, 2.45) is 5.73 Å². The Hall–Kier alpha value is -0.380. The fourth-order valence-electron chi connectivity index (χ4n) is 1.89. The van der Waals surface area contributed by atoms with Gasteiger partial charge < -0.3 is 10.5 Å². The zero-order valence-corrected chi connectivity index (χ0v) is 8.48. The first-order valence-electron chi connectivity index (χ1n) is 4.69. The summed E-state index contributed by atoms with van der Waals surface area (Å²) in [5, 5.41) is 2.11. The predicted molar refractivity (Wildman–Crippen MR) is 55.1 cm³/mol. The minimum Gasteiger partial charge on any atom is -0.380 e. The Kier molecular flexibility index (Phi) is 2.67. The van der Waals surface area contributed by atoms with Crippen LogP contribution in [-0.4, -0.2) is 19.8 Å². The second kappa shape index (κ2) is 3.78. The van der Waals surface area contributed by atoms with Crippen LogP contribution in [-0.2, 0) is 10.2 Å². The Bertz CT molecular complexity index is 252. The predicted octanol–water partition coefficient (Wildman–Crippen LogP) is 1.76. The molecule has 1 aromatic heterocycles. The number of hydrogen-bond donors (Lipinski definition) is 1. The SMILES string of the molecule is NCC1(c2cccs2)CCCOC1. The first-order valence-corrected chi connectivity index (χ1v) is 5.57. The van der Waals surface area contributed by atoms with Crippen LogP contribution in [0.1, 0.15) is 17.7 Å². The summed E-state index contributed by atoms with van der Waals surface area (Å²) >= 11 is 1.79. The van der Waals surface area contributed by atoms with Crippen LogP contribution in [0.4, 0.5) is 0 Å². The fourth-order valence-corrected chi connectivity index (χ4v) is 2.84. The van der Waals surface area contributed by atoms with Crippen molar-refractivity contribution in [3.8, 4) is 0 Å². The van der Waals surface area contributed by atoms with Gasteiger partial charge in [0.1, 0.15) is 0 Å². The summed E-state index contributed by atoms with van der Waals surface area (Å²) in [7, 11) is 0. The van der Waals surface area contributed by atoms with Crippen molar-refractivity contribution in [2.75, 3.05) is 19.8 Å². The largest absolute Gasteiger partial charge is 0.380 e. The number of rotatable bonds is 2. The van der Waals surface area contributed by atoms with E-state index in [1.165, 1.54) is 11.3 Å². The van der Waals surface area contributed by atoms with Gasteiger partial charge in [0.05, 0.1) is 6.61 Å². The second-order valence-electron chi connectivity index (χ2n) is 3.62. The van der Waals surface area contributed by atoms with E-state index in [9.17, 15) is 0 Å². The molecule has 0 radical (unpaired) electrons. The van der Waals surface area contributed by atoms with Crippen molar-refractivity contribution >= 4 is 11.3 Å². The van der Waals surface area contributed by atoms with Crippen molar-refractivity contribution < 1.29 is 4.74 Å². The first-order chi connectivity index (χ1) is 6.37. The molecule has 0 spiro atoms. The molecule has 2 nitrogen and oxygen atoms in total. The van der Waals surface area contributed by atoms with E-state index < -0.39 is 0 Å². The van der Waals surface area contributed by atoms with Gasteiger partial charge >= 0.3 is 0 Å². The molecule has 2 heterocycles. The summed E-state index contributed by atoms with van der Waals surface area (Å²) in [6.45, 7) is 2.39. The summed E-state index contributed by atoms with van der Waals surface area (Å²) < 4.78 is 5.53. The van der Waals surface area contributed by atoms with E-state index in [2.05, 4.69) is 17.5 Å². The third kappa shape index (κ3) is 1.64. The molecular formula is C10H15NOS. The lowest BCUT2D eigenvalue weighted by molar-refractivity contribution is 0.0392. The van der Waals surface area contributed by atoms with E-state index in [0.29, 0.717) is 6.54 Å². The average molecular weight is 197 g/mol. The normalized spacial score (nSPS) is 29.0. The van der Waals surface area contributed by atoms with Gasteiger partial charge in [0.25, 0.3) is 0 Å². The van der Waals surface area contributed by atoms with Gasteiger partial charge in [0.2, 0.25) is 0 Å². The third-order valence-corrected chi connectivity index (χ3v) is 3.87. The van der Waals surface area contributed by atoms with Crippen LogP contribution in [0.15, 0.2) is 17.5 Å². The van der Waals surface area contributed by atoms with Gasteiger partial charge in [-0.3, -0.25) is 0 Å². The van der Waals surface area contributed by atoms with E-state index in [1.807, 2.05) is 0 Å². The summed E-state index contributed by atoms with van der Waals surface area (Å²) in [6.07, 6.45) is 2.30. The number of nitrogens with two attached hydrogens (primary N) is 1. The number of thiophene rings is 1. The van der Waals surface area contributed by atoms with Crippen molar-refractivity contribution in [1.29, 1.82) is 0 Å². The highest BCUT2D eigenvalue weighted by Crippen LogP contribution is 2.34. The molecule has 0 bridgehead atoms. The number of hydrogen-bond acceptors (Lipinski definition) is 3. The summed E-state index contributed by atoms with van der Waals surface area (Å²) in [5.41, 5.74) is 5.97. The lowest BCUT2D eigenvalue weighted by atomic mass is 9.81. The molecule has 13 heavy (non-hydrogen) atoms. The summed E-state index contributed by atoms with van der Waals surface area (Å²) in [6, 6.07) is 4.26. The van der Waals surface area contributed by atoms with Crippen molar-refractivity contribution in [1.82, 2.24) is 0 Å². The molecule has 72 valence electrons. The van der Waals surface area contributed by atoms with Crippen LogP contribution in [0.25, 0.3) is 0 Å². The van der Waals surface area contributed by atoms with E-state index >= 15 is 0 Å². The van der Waals surface area contributed by atoms with E-state index in [-0.39, 0.29) is 5.41 Å². The molecule has 1 aromatic rings. The zero-order chi connectivity index (χ0) is 9.15. The third-order valence-electron chi connectivity index (χ3n) is 2.76. The minimum atomic E-state index is 0.117. The maximum Gasteiger partial charge on any atom is 0.0583 e. The minimum absolute atomic E-state index is 0.117. The lowest BCUT2D eigenvalue weighted by Crippen LogP contribution is -2.42. The van der Waals surface area contributed by atoms with Crippen LogP contribution < -0.4 is 5.73 Å².